The van der Waals surface area contributed by atoms with Gasteiger partial charge in [0.25, 0.3) is 5.91 Å². The lowest BCUT2D eigenvalue weighted by Crippen LogP contribution is -2.19. The molecule has 1 saturated heterocycles. The van der Waals surface area contributed by atoms with Gasteiger partial charge in [0.05, 0.1) is 19.1 Å². The first-order valence-electron chi connectivity index (χ1n) is 10.1. The Hall–Kier alpha value is -2.94. The number of halogens is 2. The molecular formula is C25H20BrClN2O4S. The van der Waals surface area contributed by atoms with Crippen molar-refractivity contribution in [2.45, 2.75) is 6.61 Å². The van der Waals surface area contributed by atoms with Crippen LogP contribution in [0.5, 0.6) is 17.2 Å². The van der Waals surface area contributed by atoms with Gasteiger partial charge in [0.1, 0.15) is 18.0 Å². The van der Waals surface area contributed by atoms with E-state index in [0.29, 0.717) is 44.6 Å². The average Bonchev–Trinajstić information content (AvgIpc) is 3.18. The Morgan fingerprint density at radius 2 is 1.79 bits per heavy atom. The lowest BCUT2D eigenvalue weighted by atomic mass is 10.2. The van der Waals surface area contributed by atoms with Crippen LogP contribution in [0.3, 0.4) is 0 Å². The molecule has 0 atom stereocenters. The van der Waals surface area contributed by atoms with Crippen molar-refractivity contribution < 1.29 is 19.0 Å². The molecule has 0 unspecified atom stereocenters. The van der Waals surface area contributed by atoms with Crippen molar-refractivity contribution in [3.63, 3.8) is 0 Å². The molecule has 0 radical (unpaired) electrons. The lowest BCUT2D eigenvalue weighted by Gasteiger charge is -2.13. The van der Waals surface area contributed by atoms with Gasteiger partial charge in [0.15, 0.2) is 16.7 Å². The highest BCUT2D eigenvalue weighted by atomic mass is 79.9. The van der Waals surface area contributed by atoms with E-state index in [0.717, 1.165) is 15.6 Å². The van der Waals surface area contributed by atoms with Gasteiger partial charge in [-0.3, -0.25) is 4.79 Å². The fourth-order valence-electron chi connectivity index (χ4n) is 3.15. The summed E-state index contributed by atoms with van der Waals surface area (Å²) in [7, 11) is 3.13. The first kappa shape index (κ1) is 24.2. The Balaban J connectivity index is 1.56. The number of nitrogens with zero attached hydrogens (tertiary/aromatic N) is 1. The molecule has 1 fully saturated rings. The highest BCUT2D eigenvalue weighted by Crippen LogP contribution is 2.38. The van der Waals surface area contributed by atoms with Gasteiger partial charge >= 0.3 is 0 Å². The second kappa shape index (κ2) is 11.0. The third-order valence-corrected chi connectivity index (χ3v) is 6.65. The number of hydrogen-bond donors (Lipinski definition) is 1. The van der Waals surface area contributed by atoms with Gasteiger partial charge in [-0.1, -0.05) is 57.9 Å². The van der Waals surface area contributed by atoms with Crippen molar-refractivity contribution >= 4 is 62.1 Å². The zero-order chi connectivity index (χ0) is 24.1. The number of methoxy groups -OCH3 is 2. The first-order chi connectivity index (χ1) is 16.5. The van der Waals surface area contributed by atoms with Crippen LogP contribution in [0.1, 0.15) is 11.1 Å². The Morgan fingerprint density at radius 1 is 1.03 bits per heavy atom. The van der Waals surface area contributed by atoms with E-state index >= 15 is 0 Å². The summed E-state index contributed by atoms with van der Waals surface area (Å²) in [6.07, 6.45) is 1.77. The van der Waals surface area contributed by atoms with Crippen molar-refractivity contribution in [3.8, 4) is 17.2 Å². The van der Waals surface area contributed by atoms with Crippen LogP contribution in [0.15, 0.2) is 75.0 Å². The smallest absolute Gasteiger partial charge is 0.264 e. The minimum absolute atomic E-state index is 0.250. The molecule has 6 nitrogen and oxygen atoms in total. The highest BCUT2D eigenvalue weighted by molar-refractivity contribution is 9.10. The number of benzene rings is 3. The van der Waals surface area contributed by atoms with Gasteiger partial charge in [-0.05, 0) is 59.3 Å². The summed E-state index contributed by atoms with van der Waals surface area (Å²) in [6.45, 7) is 0.412. The largest absolute Gasteiger partial charge is 0.494 e. The average molecular weight is 560 g/mol. The second-order valence-corrected chi connectivity index (χ2v) is 9.42. The summed E-state index contributed by atoms with van der Waals surface area (Å²) in [5.74, 6) is 1.47. The Kier molecular flexibility index (Phi) is 7.82. The zero-order valence-corrected chi connectivity index (χ0v) is 21.5. The summed E-state index contributed by atoms with van der Waals surface area (Å²) >= 11 is 10.9. The predicted octanol–water partition coefficient (Wildman–Crippen LogP) is 6.59. The van der Waals surface area contributed by atoms with Gasteiger partial charge in [0, 0.05) is 9.50 Å². The summed E-state index contributed by atoms with van der Waals surface area (Å²) < 4.78 is 17.6. The number of thioether (sulfide) groups is 1. The second-order valence-electron chi connectivity index (χ2n) is 7.10. The van der Waals surface area contributed by atoms with E-state index in [1.54, 1.807) is 38.5 Å². The molecule has 4 rings (SSSR count). The van der Waals surface area contributed by atoms with Crippen LogP contribution in [0.25, 0.3) is 6.08 Å². The van der Waals surface area contributed by atoms with Crippen molar-refractivity contribution in [2.24, 2.45) is 4.99 Å². The lowest BCUT2D eigenvalue weighted by molar-refractivity contribution is -0.115. The molecule has 3 aromatic rings. The number of aliphatic imine (C=N–C) groups is 1. The van der Waals surface area contributed by atoms with E-state index in [1.165, 1.54) is 11.8 Å². The van der Waals surface area contributed by atoms with E-state index in [4.69, 9.17) is 25.8 Å². The SMILES string of the molecule is COc1ccc(Cl)cc1N=C1NC(=O)/C(=C/c2cc(OC)c(OCc3ccccc3)cc2Br)S1. The summed E-state index contributed by atoms with van der Waals surface area (Å²) in [5.41, 5.74) is 2.35. The van der Waals surface area contributed by atoms with E-state index in [1.807, 2.05) is 42.5 Å². The summed E-state index contributed by atoms with van der Waals surface area (Å²) in [5, 5.41) is 3.73. The normalized spacial score (nSPS) is 15.5. The fraction of sp³-hybridized carbons (Fsp3) is 0.120. The Morgan fingerprint density at radius 3 is 2.53 bits per heavy atom. The Bertz CT molecular complexity index is 1280. The topological polar surface area (TPSA) is 69.2 Å². The van der Waals surface area contributed by atoms with E-state index in [9.17, 15) is 4.79 Å². The van der Waals surface area contributed by atoms with E-state index < -0.39 is 0 Å². The quantitative estimate of drug-likeness (QED) is 0.331. The van der Waals surface area contributed by atoms with Crippen LogP contribution in [0, 0.1) is 0 Å². The molecule has 9 heteroatoms. The number of amidine groups is 1. The molecule has 0 saturated carbocycles. The third kappa shape index (κ3) is 5.75. The standard InChI is InChI=1S/C25H20BrClN2O4S/c1-31-20-9-8-17(27)12-19(20)28-25-29-24(30)23(34-25)11-16-10-21(32-2)22(13-18(16)26)33-14-15-6-4-3-5-7-15/h3-13H,14H2,1-2H3,(H,28,29,30)/b23-11-. The van der Waals surface area contributed by atoms with Crippen LogP contribution < -0.4 is 19.5 Å². The van der Waals surface area contributed by atoms with Crippen LogP contribution in [-0.4, -0.2) is 25.3 Å². The van der Waals surface area contributed by atoms with Crippen molar-refractivity contribution in [2.75, 3.05) is 14.2 Å². The summed E-state index contributed by atoms with van der Waals surface area (Å²) in [6, 6.07) is 18.6. The van der Waals surface area contributed by atoms with Crippen LogP contribution in [0.2, 0.25) is 5.02 Å². The molecule has 0 bridgehead atoms. The molecule has 1 aliphatic rings. The van der Waals surface area contributed by atoms with Gasteiger partial charge in [-0.15, -0.1) is 0 Å². The fourth-order valence-corrected chi connectivity index (χ4v) is 4.58. The Labute approximate surface area is 215 Å². The van der Waals surface area contributed by atoms with E-state index in [2.05, 4.69) is 26.2 Å². The van der Waals surface area contributed by atoms with Gasteiger partial charge in [-0.2, -0.15) is 0 Å². The molecule has 174 valence electrons. The molecule has 0 aromatic heterocycles. The van der Waals surface area contributed by atoms with Crippen LogP contribution in [-0.2, 0) is 11.4 Å². The van der Waals surface area contributed by atoms with Crippen molar-refractivity contribution in [3.05, 3.63) is 86.2 Å². The molecular weight excluding hydrogens is 540 g/mol. The molecule has 1 aliphatic heterocycles. The number of carbonyl (C=O) groups is 1. The minimum Gasteiger partial charge on any atom is -0.494 e. The van der Waals surface area contributed by atoms with Gasteiger partial charge < -0.3 is 19.5 Å². The maximum Gasteiger partial charge on any atom is 0.264 e. The minimum atomic E-state index is -0.250. The first-order valence-corrected chi connectivity index (χ1v) is 12.1. The van der Waals surface area contributed by atoms with E-state index in [-0.39, 0.29) is 5.91 Å². The van der Waals surface area contributed by atoms with Crippen molar-refractivity contribution in [1.82, 2.24) is 5.32 Å². The summed E-state index contributed by atoms with van der Waals surface area (Å²) in [4.78, 5) is 17.6. The third-order valence-electron chi connectivity index (χ3n) is 4.82. The van der Waals surface area contributed by atoms with Gasteiger partial charge in [-0.25, -0.2) is 4.99 Å². The number of nitrogens with one attached hydrogen (secondary N) is 1. The molecule has 0 aliphatic carbocycles. The van der Waals surface area contributed by atoms with Gasteiger partial charge in [0.2, 0.25) is 0 Å². The zero-order valence-electron chi connectivity index (χ0n) is 18.3. The molecule has 0 spiro atoms. The van der Waals surface area contributed by atoms with Crippen LogP contribution in [0.4, 0.5) is 5.69 Å². The monoisotopic (exact) mass is 558 g/mol. The number of rotatable bonds is 7. The molecule has 34 heavy (non-hydrogen) atoms. The molecule has 3 aromatic carbocycles. The number of ether oxygens (including phenoxy) is 3. The molecule has 1 heterocycles. The maximum atomic E-state index is 12.6. The molecule has 1 amide bonds. The number of amides is 1. The number of carbonyl (C=O) groups excluding carboxylic acids is 1. The van der Waals surface area contributed by atoms with Crippen molar-refractivity contribution in [1.29, 1.82) is 0 Å². The maximum absolute atomic E-state index is 12.6. The molecule has 1 N–H and O–H groups in total. The number of hydrogen-bond acceptors (Lipinski definition) is 6. The highest BCUT2D eigenvalue weighted by Gasteiger charge is 2.25. The predicted molar refractivity (Wildman–Crippen MR) is 140 cm³/mol. The van der Waals surface area contributed by atoms with Crippen LogP contribution >= 0.6 is 39.3 Å².